The van der Waals surface area contributed by atoms with Crippen LogP contribution >= 0.6 is 0 Å². The highest BCUT2D eigenvalue weighted by Gasteiger charge is 2.23. The van der Waals surface area contributed by atoms with E-state index in [1.807, 2.05) is 20.8 Å². The number of aliphatic hydroxyl groups is 2. The van der Waals surface area contributed by atoms with E-state index in [1.165, 1.54) is 0 Å². The Kier molecular flexibility index (Phi) is 4.56. The van der Waals surface area contributed by atoms with Crippen LogP contribution in [-0.4, -0.2) is 46.5 Å². The lowest BCUT2D eigenvalue weighted by molar-refractivity contribution is 0.0388. The van der Waals surface area contributed by atoms with Gasteiger partial charge in [-0.25, -0.2) is 0 Å². The first-order valence-corrected chi connectivity index (χ1v) is 6.01. The van der Waals surface area contributed by atoms with Gasteiger partial charge < -0.3 is 15.1 Å². The van der Waals surface area contributed by atoms with Crippen molar-refractivity contribution in [2.24, 2.45) is 5.92 Å². The van der Waals surface area contributed by atoms with Gasteiger partial charge >= 0.3 is 0 Å². The lowest BCUT2D eigenvalue weighted by Gasteiger charge is -2.34. The molecule has 0 aromatic carbocycles. The van der Waals surface area contributed by atoms with E-state index in [9.17, 15) is 10.2 Å². The molecule has 1 aliphatic heterocycles. The maximum atomic E-state index is 9.62. The number of hydrogen-bond donors (Lipinski definition) is 2. The van der Waals surface area contributed by atoms with Gasteiger partial charge in [0.25, 0.3) is 0 Å². The van der Waals surface area contributed by atoms with Gasteiger partial charge in [0.15, 0.2) is 0 Å². The van der Waals surface area contributed by atoms with Gasteiger partial charge in [-0.1, -0.05) is 0 Å². The molecule has 1 aliphatic rings. The number of nitrogens with zero attached hydrogens (tertiary/aromatic N) is 1. The molecule has 0 saturated carbocycles. The summed E-state index contributed by atoms with van der Waals surface area (Å²) in [4.78, 5) is 2.39. The fraction of sp³-hybridized carbons (Fsp3) is 1.00. The van der Waals surface area contributed by atoms with Crippen molar-refractivity contribution in [2.45, 2.75) is 51.7 Å². The second-order valence-electron chi connectivity index (χ2n) is 5.48. The van der Waals surface area contributed by atoms with Crippen LogP contribution in [0.25, 0.3) is 0 Å². The average Bonchev–Trinajstić information content (AvgIpc) is 2.14. The van der Waals surface area contributed by atoms with Crippen LogP contribution in [-0.2, 0) is 0 Å². The first-order valence-electron chi connectivity index (χ1n) is 6.01. The summed E-state index contributed by atoms with van der Waals surface area (Å²) < 4.78 is 0. The van der Waals surface area contributed by atoms with Crippen molar-refractivity contribution in [3.63, 3.8) is 0 Å². The van der Waals surface area contributed by atoms with E-state index in [0.717, 1.165) is 38.9 Å². The molecule has 3 heteroatoms. The van der Waals surface area contributed by atoms with Gasteiger partial charge in [0.2, 0.25) is 0 Å². The van der Waals surface area contributed by atoms with Crippen LogP contribution in [0, 0.1) is 5.92 Å². The number of piperidine rings is 1. The van der Waals surface area contributed by atoms with Crippen LogP contribution in [0.5, 0.6) is 0 Å². The van der Waals surface area contributed by atoms with E-state index in [0.29, 0.717) is 5.92 Å². The van der Waals surface area contributed by atoms with Gasteiger partial charge in [-0.2, -0.15) is 0 Å². The minimum atomic E-state index is -0.554. The monoisotopic (exact) mass is 215 g/mol. The summed E-state index contributed by atoms with van der Waals surface area (Å²) in [7, 11) is 0. The van der Waals surface area contributed by atoms with Gasteiger partial charge in [-0.05, 0) is 59.0 Å². The van der Waals surface area contributed by atoms with E-state index in [4.69, 9.17) is 0 Å². The summed E-state index contributed by atoms with van der Waals surface area (Å²) in [5.74, 6) is 0.475. The first-order chi connectivity index (χ1) is 6.88. The van der Waals surface area contributed by atoms with Crippen LogP contribution in [0.15, 0.2) is 0 Å². The van der Waals surface area contributed by atoms with Crippen LogP contribution in [0.1, 0.15) is 40.0 Å². The molecular weight excluding hydrogens is 190 g/mol. The predicted molar refractivity (Wildman–Crippen MR) is 61.8 cm³/mol. The van der Waals surface area contributed by atoms with Crippen molar-refractivity contribution in [1.29, 1.82) is 0 Å². The van der Waals surface area contributed by atoms with Crippen molar-refractivity contribution < 1.29 is 10.2 Å². The Hall–Kier alpha value is -0.120. The summed E-state index contributed by atoms with van der Waals surface area (Å²) in [5, 5.41) is 19.1. The highest BCUT2D eigenvalue weighted by atomic mass is 16.3. The summed E-state index contributed by atoms with van der Waals surface area (Å²) in [6.45, 7) is 8.69. The zero-order valence-corrected chi connectivity index (χ0v) is 10.2. The fourth-order valence-electron chi connectivity index (χ4n) is 2.09. The Labute approximate surface area is 93.1 Å². The van der Waals surface area contributed by atoms with E-state index in [2.05, 4.69) is 4.90 Å². The minimum absolute atomic E-state index is 0.165. The molecule has 0 spiro atoms. The predicted octanol–water partition coefficient (Wildman–Crippen LogP) is 1.24. The van der Waals surface area contributed by atoms with Crippen molar-refractivity contribution in [1.82, 2.24) is 4.90 Å². The smallest absolute Gasteiger partial charge is 0.0603 e. The Morgan fingerprint density at radius 3 is 2.27 bits per heavy atom. The second kappa shape index (κ2) is 5.28. The molecule has 1 atom stereocenters. The molecule has 15 heavy (non-hydrogen) atoms. The van der Waals surface area contributed by atoms with Crippen molar-refractivity contribution in [2.75, 3.05) is 19.6 Å². The van der Waals surface area contributed by atoms with Crippen molar-refractivity contribution >= 4 is 0 Å². The molecule has 0 aromatic rings. The third-order valence-electron chi connectivity index (χ3n) is 3.35. The molecule has 1 fully saturated rings. The number of hydrogen-bond acceptors (Lipinski definition) is 3. The van der Waals surface area contributed by atoms with E-state index in [-0.39, 0.29) is 6.10 Å². The SMILES string of the molecule is CC(O)C1CCN(CCC(C)(C)O)CC1. The number of rotatable bonds is 4. The molecule has 0 bridgehead atoms. The Bertz CT molecular complexity index is 179. The molecule has 3 nitrogen and oxygen atoms in total. The van der Waals surface area contributed by atoms with E-state index in [1.54, 1.807) is 0 Å². The lowest BCUT2D eigenvalue weighted by Crippen LogP contribution is -2.39. The average molecular weight is 215 g/mol. The molecule has 0 amide bonds. The lowest BCUT2D eigenvalue weighted by atomic mass is 9.92. The fourth-order valence-corrected chi connectivity index (χ4v) is 2.09. The molecule has 1 saturated heterocycles. The highest BCUT2D eigenvalue weighted by Crippen LogP contribution is 2.21. The van der Waals surface area contributed by atoms with Gasteiger partial charge in [-0.15, -0.1) is 0 Å². The largest absolute Gasteiger partial charge is 0.393 e. The third-order valence-corrected chi connectivity index (χ3v) is 3.35. The first kappa shape index (κ1) is 12.9. The number of likely N-dealkylation sites (tertiary alicyclic amines) is 1. The summed E-state index contributed by atoms with van der Waals surface area (Å²) in [5.41, 5.74) is -0.554. The Morgan fingerprint density at radius 2 is 1.87 bits per heavy atom. The van der Waals surface area contributed by atoms with Crippen LogP contribution in [0.4, 0.5) is 0 Å². The number of aliphatic hydroxyl groups excluding tert-OH is 1. The van der Waals surface area contributed by atoms with Crippen LogP contribution in [0.3, 0.4) is 0 Å². The quantitative estimate of drug-likeness (QED) is 0.741. The maximum absolute atomic E-state index is 9.62. The zero-order valence-electron chi connectivity index (χ0n) is 10.2. The van der Waals surface area contributed by atoms with Gasteiger partial charge in [0, 0.05) is 6.54 Å². The third kappa shape index (κ3) is 4.96. The standard InChI is InChI=1S/C12H25NO2/c1-10(14)11-4-7-13(8-5-11)9-6-12(2,3)15/h10-11,14-15H,4-9H2,1-3H3. The highest BCUT2D eigenvalue weighted by molar-refractivity contribution is 4.77. The second-order valence-corrected chi connectivity index (χ2v) is 5.48. The molecule has 90 valence electrons. The maximum Gasteiger partial charge on any atom is 0.0603 e. The summed E-state index contributed by atoms with van der Waals surface area (Å²) >= 11 is 0. The molecule has 1 unspecified atom stereocenters. The summed E-state index contributed by atoms with van der Waals surface area (Å²) in [6.07, 6.45) is 2.83. The molecule has 1 heterocycles. The van der Waals surface area contributed by atoms with E-state index >= 15 is 0 Å². The molecule has 0 aliphatic carbocycles. The van der Waals surface area contributed by atoms with Gasteiger partial charge in [0.05, 0.1) is 11.7 Å². The molecule has 0 radical (unpaired) electrons. The van der Waals surface area contributed by atoms with Gasteiger partial charge in [-0.3, -0.25) is 0 Å². The molecule has 2 N–H and O–H groups in total. The van der Waals surface area contributed by atoms with Gasteiger partial charge in [0.1, 0.15) is 0 Å². The van der Waals surface area contributed by atoms with Crippen LogP contribution < -0.4 is 0 Å². The molecule has 1 rings (SSSR count). The minimum Gasteiger partial charge on any atom is -0.393 e. The van der Waals surface area contributed by atoms with Crippen molar-refractivity contribution in [3.8, 4) is 0 Å². The van der Waals surface area contributed by atoms with Crippen molar-refractivity contribution in [3.05, 3.63) is 0 Å². The van der Waals surface area contributed by atoms with E-state index < -0.39 is 5.60 Å². The normalized spacial score (nSPS) is 23.0. The molecular formula is C12H25NO2. The Morgan fingerprint density at radius 1 is 1.33 bits per heavy atom. The van der Waals surface area contributed by atoms with Crippen LogP contribution in [0.2, 0.25) is 0 Å². The summed E-state index contributed by atoms with van der Waals surface area (Å²) in [6, 6.07) is 0. The topological polar surface area (TPSA) is 43.7 Å². The Balaban J connectivity index is 2.20. The molecule has 0 aromatic heterocycles. The zero-order chi connectivity index (χ0) is 11.5.